The number of alkyl halides is 3. The minimum atomic E-state index is -4.91. The molecule has 0 radical (unpaired) electrons. The molecule has 0 bridgehead atoms. The van der Waals surface area contributed by atoms with E-state index in [4.69, 9.17) is 25.9 Å². The van der Waals surface area contributed by atoms with E-state index < -0.39 is 41.0 Å². The Morgan fingerprint density at radius 1 is 1.00 bits per heavy atom. The molecule has 2 N–H and O–H groups in total. The van der Waals surface area contributed by atoms with E-state index in [2.05, 4.69) is 15.2 Å². The zero-order valence-electron chi connectivity index (χ0n) is 27.6. The maximum atomic E-state index is 14.8. The number of hydrogen-bond donors (Lipinski definition) is 2. The highest BCUT2D eigenvalue weighted by Crippen LogP contribution is 2.52. The summed E-state index contributed by atoms with van der Waals surface area (Å²) in [5, 5.41) is 17.1. The SMILES string of the molecule is COc1cc(NC(C(=O)N2CC3(CCCC3)c3ccc(OC(F)(F)F)cc32)c2ccc(Cl)cc2OC)cc(C(C)=NOC(C)(C)C(=O)O)c1. The highest BCUT2D eigenvalue weighted by atomic mass is 35.5. The number of carboxylic acid groups (broad SMARTS) is 1. The molecule has 0 aromatic heterocycles. The van der Waals surface area contributed by atoms with Crippen LogP contribution >= 0.6 is 11.6 Å². The van der Waals surface area contributed by atoms with Gasteiger partial charge in [-0.1, -0.05) is 41.7 Å². The monoisotopic (exact) mass is 703 g/mol. The summed E-state index contributed by atoms with van der Waals surface area (Å²) in [5.41, 5.74) is 0.833. The van der Waals surface area contributed by atoms with E-state index in [9.17, 15) is 27.9 Å². The minimum absolute atomic E-state index is 0.274. The third-order valence-corrected chi connectivity index (χ3v) is 9.14. The van der Waals surface area contributed by atoms with E-state index >= 15 is 0 Å². The van der Waals surface area contributed by atoms with Gasteiger partial charge < -0.3 is 34.4 Å². The molecule has 1 amide bonds. The molecule has 14 heteroatoms. The number of carbonyl (C=O) groups excluding carboxylic acids is 1. The Labute approximate surface area is 286 Å². The predicted octanol–water partition coefficient (Wildman–Crippen LogP) is 7.87. The molecule has 3 aromatic rings. The van der Waals surface area contributed by atoms with Gasteiger partial charge in [0.1, 0.15) is 23.3 Å². The summed E-state index contributed by atoms with van der Waals surface area (Å²) in [6, 6.07) is 12.9. The predicted molar refractivity (Wildman–Crippen MR) is 178 cm³/mol. The Morgan fingerprint density at radius 2 is 1.71 bits per heavy atom. The van der Waals surface area contributed by atoms with Gasteiger partial charge >= 0.3 is 12.3 Å². The van der Waals surface area contributed by atoms with Crippen LogP contribution in [0.25, 0.3) is 0 Å². The molecule has 0 saturated heterocycles. The van der Waals surface area contributed by atoms with Crippen LogP contribution in [0.2, 0.25) is 5.02 Å². The maximum Gasteiger partial charge on any atom is 0.573 e. The number of methoxy groups -OCH3 is 2. The largest absolute Gasteiger partial charge is 0.573 e. The Bertz CT molecular complexity index is 1770. The van der Waals surface area contributed by atoms with Crippen LogP contribution in [0.3, 0.4) is 0 Å². The summed E-state index contributed by atoms with van der Waals surface area (Å²) in [7, 11) is 2.91. The number of anilines is 2. The van der Waals surface area contributed by atoms with Gasteiger partial charge in [-0.3, -0.25) is 4.79 Å². The summed E-state index contributed by atoms with van der Waals surface area (Å²) >= 11 is 6.28. The standard InChI is InChI=1S/C35H37ClF3N3O7/c1-20(41-49-33(2,3)32(44)45)21-14-23(17-25(15-21)46-4)40-30(26-10-8-22(36)16-29(26)47-5)31(43)42-19-34(12-6-7-13-34)27-11-9-24(18-28(27)42)48-35(37,38)39/h8-11,14-18,30,40H,6-7,12-13,19H2,1-5H3,(H,44,45). The van der Waals surface area contributed by atoms with Gasteiger partial charge in [0.05, 0.1) is 25.6 Å². The molecule has 3 aromatic carbocycles. The maximum absolute atomic E-state index is 14.8. The van der Waals surface area contributed by atoms with Crippen molar-refractivity contribution in [3.05, 3.63) is 76.3 Å². The first-order valence-corrected chi connectivity index (χ1v) is 15.9. The number of aliphatic carboxylic acids is 1. The third kappa shape index (κ3) is 7.66. The lowest BCUT2D eigenvalue weighted by Crippen LogP contribution is -2.40. The first-order valence-electron chi connectivity index (χ1n) is 15.5. The van der Waals surface area contributed by atoms with Gasteiger partial charge in [0.2, 0.25) is 5.60 Å². The van der Waals surface area contributed by atoms with E-state index in [1.165, 1.54) is 45.1 Å². The van der Waals surface area contributed by atoms with E-state index in [0.29, 0.717) is 44.7 Å². The van der Waals surface area contributed by atoms with Crippen molar-refractivity contribution in [3.63, 3.8) is 0 Å². The Hall–Kier alpha value is -4.65. The van der Waals surface area contributed by atoms with Crippen LogP contribution in [0.4, 0.5) is 24.5 Å². The normalized spacial score (nSPS) is 16.3. The molecule has 1 fully saturated rings. The van der Waals surface area contributed by atoms with E-state index in [0.717, 1.165) is 31.2 Å². The van der Waals surface area contributed by atoms with Crippen molar-refractivity contribution in [3.8, 4) is 17.2 Å². The molecule has 5 rings (SSSR count). The second kappa shape index (κ2) is 13.7. The quantitative estimate of drug-likeness (QED) is 0.153. The third-order valence-electron chi connectivity index (χ3n) is 8.90. The number of fused-ring (bicyclic) bond motifs is 2. The van der Waals surface area contributed by atoms with E-state index in [1.54, 1.807) is 49.4 Å². The zero-order valence-corrected chi connectivity index (χ0v) is 28.4. The average molecular weight is 704 g/mol. The summed E-state index contributed by atoms with van der Waals surface area (Å²) in [4.78, 5) is 33.2. The number of carbonyl (C=O) groups is 2. The van der Waals surface area contributed by atoms with Crippen LogP contribution in [-0.2, 0) is 19.8 Å². The highest BCUT2D eigenvalue weighted by Gasteiger charge is 2.48. The van der Waals surface area contributed by atoms with Crippen LogP contribution in [0.15, 0.2) is 59.8 Å². The van der Waals surface area contributed by atoms with Crippen LogP contribution in [0.1, 0.15) is 69.2 Å². The van der Waals surface area contributed by atoms with Crippen LogP contribution in [-0.4, -0.2) is 55.4 Å². The fraction of sp³-hybridized carbons (Fsp3) is 0.400. The molecular weight excluding hydrogens is 667 g/mol. The Balaban J connectivity index is 1.59. The number of amides is 1. The second-order valence-corrected chi connectivity index (χ2v) is 13.1. The molecule has 10 nitrogen and oxygen atoms in total. The van der Waals surface area contributed by atoms with Gasteiger partial charge in [0, 0.05) is 45.9 Å². The molecule has 1 saturated carbocycles. The summed E-state index contributed by atoms with van der Waals surface area (Å²) in [6.07, 6.45) is -1.49. The highest BCUT2D eigenvalue weighted by molar-refractivity contribution is 6.30. The lowest BCUT2D eigenvalue weighted by molar-refractivity contribution is -0.274. The van der Waals surface area contributed by atoms with Crippen molar-refractivity contribution in [2.24, 2.45) is 5.16 Å². The molecule has 2 aliphatic rings. The minimum Gasteiger partial charge on any atom is -0.497 e. The summed E-state index contributed by atoms with van der Waals surface area (Å²) < 4.78 is 55.2. The lowest BCUT2D eigenvalue weighted by atomic mass is 9.81. The van der Waals surface area contributed by atoms with Crippen LogP contribution in [0, 0.1) is 0 Å². The summed E-state index contributed by atoms with van der Waals surface area (Å²) in [6.45, 7) is 4.64. The number of carboxylic acids is 1. The number of rotatable bonds is 11. The molecule has 1 atom stereocenters. The van der Waals surface area contributed by atoms with Crippen molar-refractivity contribution in [1.29, 1.82) is 0 Å². The van der Waals surface area contributed by atoms with Gasteiger partial charge in [-0.2, -0.15) is 0 Å². The van der Waals surface area contributed by atoms with Crippen LogP contribution in [0.5, 0.6) is 17.2 Å². The first kappa shape index (κ1) is 35.7. The van der Waals surface area contributed by atoms with E-state index in [-0.39, 0.29) is 6.54 Å². The second-order valence-electron chi connectivity index (χ2n) is 12.6. The molecule has 49 heavy (non-hydrogen) atoms. The molecule has 262 valence electrons. The average Bonchev–Trinajstić information content (AvgIpc) is 3.65. The molecule has 1 unspecified atom stereocenters. The topological polar surface area (TPSA) is 119 Å². The smallest absolute Gasteiger partial charge is 0.497 e. The fourth-order valence-corrected chi connectivity index (χ4v) is 6.49. The number of halogens is 4. The molecule has 1 aliphatic heterocycles. The summed E-state index contributed by atoms with van der Waals surface area (Å²) in [5.74, 6) is -1.36. The molecule has 1 aliphatic carbocycles. The molecule has 1 spiro atoms. The van der Waals surface area contributed by atoms with Crippen LogP contribution < -0.4 is 24.4 Å². The molecule has 1 heterocycles. The van der Waals surface area contributed by atoms with Crippen molar-refractivity contribution in [1.82, 2.24) is 0 Å². The van der Waals surface area contributed by atoms with E-state index in [1.807, 2.05) is 0 Å². The van der Waals surface area contributed by atoms with Crippen molar-refractivity contribution >= 4 is 40.6 Å². The molecular formula is C35H37ClF3N3O7. The van der Waals surface area contributed by atoms with Crippen molar-refractivity contribution in [2.45, 2.75) is 69.9 Å². The number of nitrogens with one attached hydrogen (secondary N) is 1. The van der Waals surface area contributed by atoms with Gasteiger partial charge in [0.25, 0.3) is 5.91 Å². The zero-order chi connectivity index (χ0) is 35.7. The Morgan fingerprint density at radius 3 is 2.35 bits per heavy atom. The number of benzene rings is 3. The van der Waals surface area contributed by atoms with Gasteiger partial charge in [-0.15, -0.1) is 13.2 Å². The fourth-order valence-electron chi connectivity index (χ4n) is 6.33. The van der Waals surface area contributed by atoms with Crippen molar-refractivity contribution < 1.29 is 46.9 Å². The number of hydrogen-bond acceptors (Lipinski definition) is 8. The Kier molecular flexibility index (Phi) is 9.96. The number of oxime groups is 1. The number of ether oxygens (including phenoxy) is 3. The van der Waals surface area contributed by atoms with Gasteiger partial charge in [-0.05, 0) is 69.5 Å². The lowest BCUT2D eigenvalue weighted by Gasteiger charge is -2.29. The number of nitrogens with zero attached hydrogens (tertiary/aromatic N) is 2. The van der Waals surface area contributed by atoms with Gasteiger partial charge in [-0.25, -0.2) is 4.79 Å². The van der Waals surface area contributed by atoms with Crippen molar-refractivity contribution in [2.75, 3.05) is 31.0 Å². The van der Waals surface area contributed by atoms with Gasteiger partial charge in [0.15, 0.2) is 0 Å². The first-order chi connectivity index (χ1) is 23.1.